The van der Waals surface area contributed by atoms with Gasteiger partial charge in [0.05, 0.1) is 0 Å². The lowest BCUT2D eigenvalue weighted by atomic mass is 10.2. The lowest BCUT2D eigenvalue weighted by molar-refractivity contribution is 0.195. The van der Waals surface area contributed by atoms with Crippen molar-refractivity contribution in [2.24, 2.45) is 4.99 Å². The van der Waals surface area contributed by atoms with Gasteiger partial charge >= 0.3 is 0 Å². The van der Waals surface area contributed by atoms with Crippen molar-refractivity contribution in [1.29, 1.82) is 0 Å². The molecule has 0 unspecified atom stereocenters. The third kappa shape index (κ3) is 8.23. The first-order valence-corrected chi connectivity index (χ1v) is 7.07. The molecule has 2 N–H and O–H groups in total. The van der Waals surface area contributed by atoms with Crippen LogP contribution in [0.4, 0.5) is 0 Å². The molecule has 0 radical (unpaired) electrons. The van der Waals surface area contributed by atoms with Gasteiger partial charge in [-0.3, -0.25) is 4.99 Å². The zero-order valence-corrected chi connectivity index (χ0v) is 15.6. The number of para-hydroxylation sites is 1. The molecule has 0 heterocycles. The van der Waals surface area contributed by atoms with E-state index in [1.807, 2.05) is 24.3 Å². The number of guanidine groups is 1. The number of hydrogen-bond donors (Lipinski definition) is 2. The van der Waals surface area contributed by atoms with Crippen LogP contribution in [-0.2, 0) is 11.3 Å². The predicted octanol–water partition coefficient (Wildman–Crippen LogP) is 2.57. The van der Waals surface area contributed by atoms with Crippen molar-refractivity contribution in [3.05, 3.63) is 42.5 Å². The average Bonchev–Trinajstić information content (AvgIpc) is 2.53. The summed E-state index contributed by atoms with van der Waals surface area (Å²) in [7, 11) is 3.46. The van der Waals surface area contributed by atoms with E-state index in [1.54, 1.807) is 20.2 Å². The van der Waals surface area contributed by atoms with Gasteiger partial charge in [-0.05, 0) is 12.5 Å². The van der Waals surface area contributed by atoms with Gasteiger partial charge in [0.1, 0.15) is 12.4 Å². The molecule has 1 aromatic carbocycles. The number of ether oxygens (including phenoxy) is 2. The fourth-order valence-electron chi connectivity index (χ4n) is 1.76. The highest BCUT2D eigenvalue weighted by Gasteiger charge is 2.03. The van der Waals surface area contributed by atoms with E-state index in [4.69, 9.17) is 9.47 Å². The summed E-state index contributed by atoms with van der Waals surface area (Å²) in [5, 5.41) is 6.51. The third-order valence-corrected chi connectivity index (χ3v) is 2.82. The van der Waals surface area contributed by atoms with Crippen molar-refractivity contribution in [1.82, 2.24) is 10.6 Å². The molecule has 0 aliphatic rings. The minimum Gasteiger partial charge on any atom is -0.489 e. The second-order valence-corrected chi connectivity index (χ2v) is 4.41. The Morgan fingerprint density at radius 3 is 2.77 bits per heavy atom. The summed E-state index contributed by atoms with van der Waals surface area (Å²) < 4.78 is 10.6. The molecule has 0 aliphatic heterocycles. The molecule has 5 nitrogen and oxygen atoms in total. The number of halogens is 1. The van der Waals surface area contributed by atoms with E-state index < -0.39 is 0 Å². The molecule has 0 saturated heterocycles. The number of nitrogens with one attached hydrogen (secondary N) is 2. The quantitative estimate of drug-likeness (QED) is 0.213. The molecule has 0 spiro atoms. The molecule has 0 bridgehead atoms. The zero-order valence-electron chi connectivity index (χ0n) is 13.3. The van der Waals surface area contributed by atoms with E-state index in [-0.39, 0.29) is 24.0 Å². The largest absolute Gasteiger partial charge is 0.489 e. The number of methoxy groups -OCH3 is 1. The van der Waals surface area contributed by atoms with E-state index in [0.717, 1.165) is 36.8 Å². The van der Waals surface area contributed by atoms with Gasteiger partial charge in [-0.2, -0.15) is 0 Å². The summed E-state index contributed by atoms with van der Waals surface area (Å²) >= 11 is 0. The summed E-state index contributed by atoms with van der Waals surface area (Å²) in [6.45, 7) is 6.37. The SMILES string of the molecule is C=CCOc1ccccc1CNC(=NC)NCCCOC.I. The molecule has 1 rings (SSSR count). The Hall–Kier alpha value is -1.28. The Labute approximate surface area is 150 Å². The normalized spacial score (nSPS) is 10.5. The second kappa shape index (κ2) is 13.4. The first-order chi connectivity index (χ1) is 10.3. The standard InChI is InChI=1S/C16H25N3O2.HI/c1-4-11-21-15-9-6-5-8-14(15)13-19-16(17-2)18-10-7-12-20-3;/h4-6,8-9H,1,7,10-13H2,2-3H3,(H2,17,18,19);1H. The summed E-state index contributed by atoms with van der Waals surface area (Å²) in [5.74, 6) is 1.63. The second-order valence-electron chi connectivity index (χ2n) is 4.41. The van der Waals surface area contributed by atoms with E-state index in [0.29, 0.717) is 13.2 Å². The number of aliphatic imine (C=N–C) groups is 1. The molecule has 0 aromatic heterocycles. The van der Waals surface area contributed by atoms with Crippen molar-refractivity contribution in [2.75, 3.05) is 33.9 Å². The summed E-state index contributed by atoms with van der Waals surface area (Å²) in [6.07, 6.45) is 2.68. The van der Waals surface area contributed by atoms with Crippen LogP contribution in [0.2, 0.25) is 0 Å². The van der Waals surface area contributed by atoms with E-state index in [9.17, 15) is 0 Å². The van der Waals surface area contributed by atoms with Gasteiger partial charge in [0.25, 0.3) is 0 Å². The Morgan fingerprint density at radius 2 is 2.09 bits per heavy atom. The molecule has 0 fully saturated rings. The van der Waals surface area contributed by atoms with Crippen molar-refractivity contribution in [3.63, 3.8) is 0 Å². The monoisotopic (exact) mass is 419 g/mol. The van der Waals surface area contributed by atoms with Crippen LogP contribution < -0.4 is 15.4 Å². The van der Waals surface area contributed by atoms with E-state index in [1.165, 1.54) is 0 Å². The van der Waals surface area contributed by atoms with Gasteiger partial charge < -0.3 is 20.1 Å². The molecule has 6 heteroatoms. The maximum Gasteiger partial charge on any atom is 0.191 e. The Bertz CT molecular complexity index is 453. The minimum absolute atomic E-state index is 0. The van der Waals surface area contributed by atoms with Crippen LogP contribution in [0, 0.1) is 0 Å². The van der Waals surface area contributed by atoms with Crippen molar-refractivity contribution >= 4 is 29.9 Å². The van der Waals surface area contributed by atoms with Crippen LogP contribution in [0.1, 0.15) is 12.0 Å². The van der Waals surface area contributed by atoms with E-state index in [2.05, 4.69) is 22.2 Å². The third-order valence-electron chi connectivity index (χ3n) is 2.82. The van der Waals surface area contributed by atoms with Crippen molar-refractivity contribution in [2.45, 2.75) is 13.0 Å². The molecule has 22 heavy (non-hydrogen) atoms. The number of benzene rings is 1. The van der Waals surface area contributed by atoms with Crippen LogP contribution in [0.15, 0.2) is 41.9 Å². The Balaban J connectivity index is 0.00000441. The van der Waals surface area contributed by atoms with Gasteiger partial charge in [0.2, 0.25) is 0 Å². The maximum atomic E-state index is 5.63. The smallest absolute Gasteiger partial charge is 0.191 e. The number of hydrogen-bond acceptors (Lipinski definition) is 3. The fraction of sp³-hybridized carbons (Fsp3) is 0.438. The summed E-state index contributed by atoms with van der Waals surface area (Å²) in [6, 6.07) is 7.94. The highest BCUT2D eigenvalue weighted by atomic mass is 127. The highest BCUT2D eigenvalue weighted by molar-refractivity contribution is 14.0. The Morgan fingerprint density at radius 1 is 1.32 bits per heavy atom. The van der Waals surface area contributed by atoms with Crippen LogP contribution in [0.3, 0.4) is 0 Å². The van der Waals surface area contributed by atoms with Gasteiger partial charge in [-0.15, -0.1) is 24.0 Å². The minimum atomic E-state index is 0. The van der Waals surface area contributed by atoms with Crippen LogP contribution in [0.5, 0.6) is 5.75 Å². The molecule has 0 aliphatic carbocycles. The van der Waals surface area contributed by atoms with Gasteiger partial charge in [0.15, 0.2) is 5.96 Å². The average molecular weight is 419 g/mol. The van der Waals surface area contributed by atoms with Gasteiger partial charge in [-0.1, -0.05) is 30.9 Å². The summed E-state index contributed by atoms with van der Waals surface area (Å²) in [4.78, 5) is 4.19. The lowest BCUT2D eigenvalue weighted by Crippen LogP contribution is -2.37. The van der Waals surface area contributed by atoms with Crippen LogP contribution in [0.25, 0.3) is 0 Å². The molecular weight excluding hydrogens is 393 g/mol. The van der Waals surface area contributed by atoms with Crippen LogP contribution >= 0.6 is 24.0 Å². The summed E-state index contributed by atoms with van der Waals surface area (Å²) in [5.41, 5.74) is 1.08. The molecule has 0 atom stereocenters. The molecular formula is C16H26IN3O2. The van der Waals surface area contributed by atoms with Crippen molar-refractivity contribution < 1.29 is 9.47 Å². The molecule has 1 aromatic rings. The topological polar surface area (TPSA) is 54.9 Å². The van der Waals surface area contributed by atoms with Gasteiger partial charge in [-0.25, -0.2) is 0 Å². The molecule has 0 saturated carbocycles. The molecule has 124 valence electrons. The number of rotatable bonds is 9. The van der Waals surface area contributed by atoms with Crippen molar-refractivity contribution in [3.8, 4) is 5.75 Å². The van der Waals surface area contributed by atoms with E-state index >= 15 is 0 Å². The number of nitrogens with zero attached hydrogens (tertiary/aromatic N) is 1. The highest BCUT2D eigenvalue weighted by Crippen LogP contribution is 2.17. The maximum absolute atomic E-state index is 5.63. The first kappa shape index (κ1) is 20.7. The zero-order chi connectivity index (χ0) is 15.3. The molecule has 0 amide bonds. The Kier molecular flexibility index (Phi) is 12.6. The fourth-order valence-corrected chi connectivity index (χ4v) is 1.76. The van der Waals surface area contributed by atoms with Gasteiger partial charge in [0, 0.05) is 39.4 Å². The van der Waals surface area contributed by atoms with Crippen LogP contribution in [-0.4, -0.2) is 39.9 Å². The first-order valence-electron chi connectivity index (χ1n) is 7.07. The lowest BCUT2D eigenvalue weighted by Gasteiger charge is -2.14. The predicted molar refractivity (Wildman–Crippen MR) is 102 cm³/mol.